The van der Waals surface area contributed by atoms with Crippen LogP contribution in [0.25, 0.3) is 0 Å². The minimum Gasteiger partial charge on any atom is -0.494 e. The molecular weight excluding hydrogens is 454 g/mol. The maximum atomic E-state index is 12.8. The van der Waals surface area contributed by atoms with Gasteiger partial charge in [-0.05, 0) is 68.4 Å². The highest BCUT2D eigenvalue weighted by molar-refractivity contribution is 7.92. The molecule has 32 heavy (non-hydrogen) atoms. The Kier molecular flexibility index (Phi) is 7.55. The molecule has 0 aliphatic heterocycles. The van der Waals surface area contributed by atoms with Crippen molar-refractivity contribution in [3.63, 3.8) is 0 Å². The van der Waals surface area contributed by atoms with E-state index in [4.69, 9.17) is 21.1 Å². The first kappa shape index (κ1) is 23.4. The summed E-state index contributed by atoms with van der Waals surface area (Å²) in [5, 5.41) is 2.76. The number of carbonyl (C=O) groups is 1. The summed E-state index contributed by atoms with van der Waals surface area (Å²) in [4.78, 5) is 16.8. The fraction of sp³-hybridized carbons (Fsp3) is 0.182. The number of halogens is 1. The fourth-order valence-corrected chi connectivity index (χ4v) is 4.06. The summed E-state index contributed by atoms with van der Waals surface area (Å²) in [6, 6.07) is 13.7. The van der Waals surface area contributed by atoms with Gasteiger partial charge in [-0.15, -0.1) is 0 Å². The van der Waals surface area contributed by atoms with Crippen molar-refractivity contribution in [2.24, 2.45) is 0 Å². The number of pyridine rings is 1. The smallest absolute Gasteiger partial charge is 0.261 e. The Bertz CT molecular complexity index is 1200. The van der Waals surface area contributed by atoms with E-state index < -0.39 is 15.9 Å². The largest absolute Gasteiger partial charge is 0.494 e. The summed E-state index contributed by atoms with van der Waals surface area (Å²) in [6.45, 7) is 4.52. The van der Waals surface area contributed by atoms with Gasteiger partial charge in [0.05, 0.1) is 28.7 Å². The molecular formula is C22H22ClN3O5S. The normalized spacial score (nSPS) is 11.0. The summed E-state index contributed by atoms with van der Waals surface area (Å²) in [5.41, 5.74) is 0.690. The van der Waals surface area contributed by atoms with E-state index in [-0.39, 0.29) is 21.4 Å². The topological polar surface area (TPSA) is 107 Å². The van der Waals surface area contributed by atoms with Gasteiger partial charge in [-0.25, -0.2) is 13.4 Å². The van der Waals surface area contributed by atoms with Gasteiger partial charge in [0.25, 0.3) is 15.9 Å². The fourth-order valence-electron chi connectivity index (χ4n) is 2.77. The van der Waals surface area contributed by atoms with Crippen molar-refractivity contribution >= 4 is 38.9 Å². The van der Waals surface area contributed by atoms with Crippen LogP contribution in [0.5, 0.6) is 11.6 Å². The maximum absolute atomic E-state index is 12.8. The van der Waals surface area contributed by atoms with Gasteiger partial charge in [0, 0.05) is 11.9 Å². The molecule has 0 aliphatic carbocycles. The van der Waals surface area contributed by atoms with E-state index in [1.54, 1.807) is 43.3 Å². The number of nitrogens with zero attached hydrogens (tertiary/aromatic N) is 1. The molecule has 2 aromatic carbocycles. The van der Waals surface area contributed by atoms with Crippen LogP contribution < -0.4 is 19.5 Å². The van der Waals surface area contributed by atoms with Crippen LogP contribution in [0, 0.1) is 0 Å². The highest BCUT2D eigenvalue weighted by atomic mass is 35.5. The van der Waals surface area contributed by atoms with Gasteiger partial charge in [0.1, 0.15) is 11.4 Å². The van der Waals surface area contributed by atoms with Crippen LogP contribution in [0.4, 0.5) is 11.4 Å². The molecule has 2 N–H and O–H groups in total. The lowest BCUT2D eigenvalue weighted by Crippen LogP contribution is -2.17. The molecule has 0 radical (unpaired) electrons. The Balaban J connectivity index is 1.83. The van der Waals surface area contributed by atoms with Gasteiger partial charge in [0.15, 0.2) is 0 Å². The van der Waals surface area contributed by atoms with Crippen molar-refractivity contribution in [1.29, 1.82) is 0 Å². The zero-order valence-corrected chi connectivity index (χ0v) is 19.0. The van der Waals surface area contributed by atoms with Crippen LogP contribution in [0.3, 0.4) is 0 Å². The summed E-state index contributed by atoms with van der Waals surface area (Å²) in [5.74, 6) is 0.283. The zero-order valence-electron chi connectivity index (χ0n) is 17.5. The van der Waals surface area contributed by atoms with E-state index in [2.05, 4.69) is 15.0 Å². The molecule has 0 saturated heterocycles. The molecule has 3 aromatic rings. The van der Waals surface area contributed by atoms with Crippen molar-refractivity contribution < 1.29 is 22.7 Å². The summed E-state index contributed by atoms with van der Waals surface area (Å²) in [6.07, 6.45) is 1.54. The maximum Gasteiger partial charge on any atom is 0.261 e. The molecule has 3 rings (SSSR count). The number of benzene rings is 2. The zero-order chi connectivity index (χ0) is 23.1. The highest BCUT2D eigenvalue weighted by Crippen LogP contribution is 2.26. The molecule has 1 aromatic heterocycles. The van der Waals surface area contributed by atoms with Crippen LogP contribution in [-0.2, 0) is 10.0 Å². The van der Waals surface area contributed by atoms with Crippen LogP contribution >= 0.6 is 11.6 Å². The van der Waals surface area contributed by atoms with Crippen molar-refractivity contribution in [2.75, 3.05) is 23.3 Å². The molecule has 0 saturated carbocycles. The number of aromatic nitrogens is 1. The summed E-state index contributed by atoms with van der Waals surface area (Å²) in [7, 11) is -3.97. The first-order chi connectivity index (χ1) is 15.3. The minimum atomic E-state index is -3.97. The molecule has 0 fully saturated rings. The number of amides is 1. The number of hydrogen-bond acceptors (Lipinski definition) is 6. The Hall–Kier alpha value is -3.30. The van der Waals surface area contributed by atoms with Crippen molar-refractivity contribution in [3.05, 3.63) is 71.4 Å². The second-order valence-corrected chi connectivity index (χ2v) is 8.54. The average Bonchev–Trinajstić information content (AvgIpc) is 2.77. The molecule has 0 aliphatic rings. The molecule has 168 valence electrons. The predicted molar refractivity (Wildman–Crippen MR) is 123 cm³/mol. The van der Waals surface area contributed by atoms with E-state index in [9.17, 15) is 13.2 Å². The number of nitrogens with one attached hydrogen (secondary N) is 2. The van der Waals surface area contributed by atoms with E-state index in [0.29, 0.717) is 30.3 Å². The Morgan fingerprint density at radius 3 is 2.44 bits per heavy atom. The lowest BCUT2D eigenvalue weighted by Gasteiger charge is -2.13. The number of hydrogen-bond donors (Lipinski definition) is 2. The molecule has 0 bridgehead atoms. The highest BCUT2D eigenvalue weighted by Gasteiger charge is 2.20. The van der Waals surface area contributed by atoms with Crippen molar-refractivity contribution in [1.82, 2.24) is 4.98 Å². The lowest BCUT2D eigenvalue weighted by atomic mass is 10.2. The predicted octanol–water partition coefficient (Wildman–Crippen LogP) is 4.59. The number of anilines is 2. The first-order valence-electron chi connectivity index (χ1n) is 9.78. The molecule has 0 spiro atoms. The second-order valence-electron chi connectivity index (χ2n) is 6.45. The number of rotatable bonds is 9. The van der Waals surface area contributed by atoms with Gasteiger partial charge >= 0.3 is 0 Å². The Labute approximate surface area is 191 Å². The third kappa shape index (κ3) is 5.68. The van der Waals surface area contributed by atoms with Crippen LogP contribution in [-0.4, -0.2) is 32.5 Å². The molecule has 1 amide bonds. The average molecular weight is 476 g/mol. The lowest BCUT2D eigenvalue weighted by molar-refractivity contribution is 0.102. The van der Waals surface area contributed by atoms with Gasteiger partial charge in [-0.2, -0.15) is 0 Å². The Morgan fingerprint density at radius 2 is 1.75 bits per heavy atom. The van der Waals surface area contributed by atoms with E-state index in [0.717, 1.165) is 0 Å². The molecule has 0 unspecified atom stereocenters. The number of ether oxygens (including phenoxy) is 2. The van der Waals surface area contributed by atoms with Crippen molar-refractivity contribution in [3.8, 4) is 11.6 Å². The molecule has 8 nitrogen and oxygen atoms in total. The van der Waals surface area contributed by atoms with Crippen molar-refractivity contribution in [2.45, 2.75) is 18.7 Å². The first-order valence-corrected chi connectivity index (χ1v) is 11.6. The number of carbonyl (C=O) groups excluding carboxylic acids is 1. The quantitative estimate of drug-likeness (QED) is 0.469. The molecule has 10 heteroatoms. The standard InChI is InChI=1S/C22H22ClN3O5S/c1-3-30-16-9-7-15(8-10-16)26-32(28,29)17-11-12-19(23)18(14-17)21(27)25-20-6-5-13-24-22(20)31-4-2/h5-14,26H,3-4H2,1-2H3,(H,25,27). The summed E-state index contributed by atoms with van der Waals surface area (Å²) < 4.78 is 38.9. The SMILES string of the molecule is CCOc1ccc(NS(=O)(=O)c2ccc(Cl)c(C(=O)Nc3cccnc3OCC)c2)cc1. The van der Waals surface area contributed by atoms with Gasteiger partial charge < -0.3 is 14.8 Å². The van der Waals surface area contributed by atoms with E-state index in [1.807, 2.05) is 6.92 Å². The number of sulfonamides is 1. The van der Waals surface area contributed by atoms with Crippen LogP contribution in [0.2, 0.25) is 5.02 Å². The third-order valence-electron chi connectivity index (χ3n) is 4.21. The minimum absolute atomic E-state index is 0.00691. The van der Waals surface area contributed by atoms with Gasteiger partial charge in [0.2, 0.25) is 5.88 Å². The van der Waals surface area contributed by atoms with E-state index >= 15 is 0 Å². The second kappa shape index (κ2) is 10.3. The molecule has 1 heterocycles. The Morgan fingerprint density at radius 1 is 1.03 bits per heavy atom. The summed E-state index contributed by atoms with van der Waals surface area (Å²) >= 11 is 6.18. The van der Waals surface area contributed by atoms with Crippen LogP contribution in [0.1, 0.15) is 24.2 Å². The third-order valence-corrected chi connectivity index (χ3v) is 5.92. The van der Waals surface area contributed by atoms with Gasteiger partial charge in [-0.3, -0.25) is 9.52 Å². The monoisotopic (exact) mass is 475 g/mol. The van der Waals surface area contributed by atoms with Crippen LogP contribution in [0.15, 0.2) is 65.7 Å². The van der Waals surface area contributed by atoms with E-state index in [1.165, 1.54) is 24.4 Å². The molecule has 0 atom stereocenters. The van der Waals surface area contributed by atoms with Gasteiger partial charge in [-0.1, -0.05) is 11.6 Å².